The summed E-state index contributed by atoms with van der Waals surface area (Å²) in [6.45, 7) is 3.62. The Morgan fingerprint density at radius 3 is 2.69 bits per heavy atom. The summed E-state index contributed by atoms with van der Waals surface area (Å²) >= 11 is 4.93. The maximum atomic E-state index is 5.72. The molecular weight excluding hydrogens is 454 g/mol. The van der Waals surface area contributed by atoms with Crippen molar-refractivity contribution in [2.45, 2.75) is 43.8 Å². The largest absolute Gasteiger partial charge is 0.446 e. The lowest BCUT2D eigenvalue weighted by atomic mass is 10.2. The predicted octanol–water partition coefficient (Wildman–Crippen LogP) is 4.43. The fourth-order valence-corrected chi connectivity index (χ4v) is 4.03. The van der Waals surface area contributed by atoms with Crippen LogP contribution in [0.25, 0.3) is 11.6 Å². The van der Waals surface area contributed by atoms with Crippen LogP contribution in [-0.4, -0.2) is 35.0 Å². The third-order valence-electron chi connectivity index (χ3n) is 4.35. The van der Waals surface area contributed by atoms with Crippen LogP contribution in [-0.2, 0) is 18.8 Å². The van der Waals surface area contributed by atoms with Gasteiger partial charge in [0.25, 0.3) is 0 Å². The first-order chi connectivity index (χ1) is 14.2. The minimum atomic E-state index is 0.617. The van der Waals surface area contributed by atoms with Gasteiger partial charge in [-0.3, -0.25) is 4.57 Å². The quantitative estimate of drug-likeness (QED) is 0.332. The molecule has 4 aromatic rings. The van der Waals surface area contributed by atoms with Crippen molar-refractivity contribution < 1.29 is 4.42 Å². The molecule has 0 saturated heterocycles. The Balaban J connectivity index is 1.59. The average Bonchev–Trinajstić information content (AvgIpc) is 3.46. The molecule has 0 saturated carbocycles. The van der Waals surface area contributed by atoms with Gasteiger partial charge in [0.1, 0.15) is 0 Å². The fourth-order valence-electron chi connectivity index (χ4n) is 2.86. The fraction of sp³-hybridized carbons (Fsp3) is 0.316. The van der Waals surface area contributed by atoms with E-state index in [9.17, 15) is 0 Å². The standard InChI is InChI=1S/C19H20BrN7OS/c1-2-3-11-27-17(21-24-25-27)13-29-19-23-22-18(15-9-10-16(20)28-15)26(19)12-14-7-5-4-6-8-14/h4-10H,2-3,11-13H2,1H3. The van der Waals surface area contributed by atoms with Crippen molar-refractivity contribution in [3.8, 4) is 11.6 Å². The van der Waals surface area contributed by atoms with E-state index in [-0.39, 0.29) is 0 Å². The van der Waals surface area contributed by atoms with E-state index in [1.54, 1.807) is 11.8 Å². The number of hydrogen-bond acceptors (Lipinski definition) is 7. The van der Waals surface area contributed by atoms with Crippen LogP contribution in [0, 0.1) is 0 Å². The highest BCUT2D eigenvalue weighted by atomic mass is 79.9. The number of benzene rings is 1. The summed E-state index contributed by atoms with van der Waals surface area (Å²) in [6, 6.07) is 14.0. The second kappa shape index (κ2) is 9.36. The molecule has 150 valence electrons. The highest BCUT2D eigenvalue weighted by Gasteiger charge is 2.18. The molecule has 0 amide bonds. The first-order valence-corrected chi connectivity index (χ1v) is 11.1. The van der Waals surface area contributed by atoms with Crippen LogP contribution in [0.5, 0.6) is 0 Å². The third kappa shape index (κ3) is 4.76. The molecule has 0 radical (unpaired) electrons. The Kier molecular flexibility index (Phi) is 6.40. The zero-order valence-corrected chi connectivity index (χ0v) is 18.3. The van der Waals surface area contributed by atoms with Gasteiger partial charge in [-0.1, -0.05) is 55.4 Å². The second-order valence-electron chi connectivity index (χ2n) is 6.44. The molecule has 0 atom stereocenters. The van der Waals surface area contributed by atoms with E-state index in [0.29, 0.717) is 28.6 Å². The summed E-state index contributed by atoms with van der Waals surface area (Å²) < 4.78 is 10.3. The number of rotatable bonds is 9. The molecule has 3 heterocycles. The Labute approximate surface area is 180 Å². The van der Waals surface area contributed by atoms with E-state index in [0.717, 1.165) is 35.9 Å². The van der Waals surface area contributed by atoms with Gasteiger partial charge in [-0.2, -0.15) is 0 Å². The van der Waals surface area contributed by atoms with Crippen molar-refractivity contribution in [3.05, 3.63) is 58.5 Å². The molecular formula is C19H20BrN7OS. The summed E-state index contributed by atoms with van der Waals surface area (Å²) in [6.07, 6.45) is 2.14. The Bertz CT molecular complexity index is 1060. The zero-order chi connectivity index (χ0) is 20.1. The number of tetrazole rings is 1. The summed E-state index contributed by atoms with van der Waals surface area (Å²) in [5.41, 5.74) is 1.16. The molecule has 0 bridgehead atoms. The van der Waals surface area contributed by atoms with Gasteiger partial charge >= 0.3 is 0 Å². The summed E-state index contributed by atoms with van der Waals surface area (Å²) in [5.74, 6) is 2.80. The molecule has 3 aromatic heterocycles. The first-order valence-electron chi connectivity index (χ1n) is 9.35. The first kappa shape index (κ1) is 19.8. The van der Waals surface area contributed by atoms with Gasteiger partial charge in [-0.15, -0.1) is 15.3 Å². The number of unbranched alkanes of at least 4 members (excludes halogenated alkanes) is 1. The normalized spacial score (nSPS) is 11.2. The minimum Gasteiger partial charge on any atom is -0.446 e. The lowest BCUT2D eigenvalue weighted by Crippen LogP contribution is -2.06. The number of nitrogens with zero attached hydrogens (tertiary/aromatic N) is 7. The van der Waals surface area contributed by atoms with Gasteiger partial charge in [0, 0.05) is 6.54 Å². The van der Waals surface area contributed by atoms with E-state index in [1.807, 2.05) is 35.0 Å². The van der Waals surface area contributed by atoms with Gasteiger partial charge in [0.2, 0.25) is 5.82 Å². The Hall–Kier alpha value is -2.46. The predicted molar refractivity (Wildman–Crippen MR) is 113 cm³/mol. The molecule has 10 heteroatoms. The monoisotopic (exact) mass is 473 g/mol. The molecule has 1 aromatic carbocycles. The topological polar surface area (TPSA) is 87.4 Å². The molecule has 0 unspecified atom stereocenters. The number of hydrogen-bond donors (Lipinski definition) is 0. The van der Waals surface area contributed by atoms with Crippen molar-refractivity contribution in [1.82, 2.24) is 35.0 Å². The van der Waals surface area contributed by atoms with E-state index in [4.69, 9.17) is 4.42 Å². The van der Waals surface area contributed by atoms with Crippen molar-refractivity contribution in [2.75, 3.05) is 0 Å². The van der Waals surface area contributed by atoms with Gasteiger partial charge < -0.3 is 4.42 Å². The van der Waals surface area contributed by atoms with Crippen LogP contribution >= 0.6 is 27.7 Å². The van der Waals surface area contributed by atoms with Gasteiger partial charge in [0.15, 0.2) is 21.4 Å². The molecule has 0 spiro atoms. The molecule has 8 nitrogen and oxygen atoms in total. The SMILES string of the molecule is CCCCn1nnnc1CSc1nnc(-c2ccc(Br)o2)n1Cc1ccccc1. The number of aromatic nitrogens is 7. The number of furan rings is 1. The molecule has 0 aliphatic carbocycles. The van der Waals surface area contributed by atoms with E-state index in [2.05, 4.69) is 65.3 Å². The number of aryl methyl sites for hydroxylation is 1. The molecule has 0 N–H and O–H groups in total. The van der Waals surface area contributed by atoms with E-state index < -0.39 is 0 Å². The molecule has 0 aliphatic rings. The van der Waals surface area contributed by atoms with Gasteiger partial charge in [0.05, 0.1) is 12.3 Å². The maximum absolute atomic E-state index is 5.72. The Morgan fingerprint density at radius 1 is 1.07 bits per heavy atom. The van der Waals surface area contributed by atoms with E-state index >= 15 is 0 Å². The highest BCUT2D eigenvalue weighted by Crippen LogP contribution is 2.29. The number of halogens is 1. The Morgan fingerprint density at radius 2 is 1.93 bits per heavy atom. The lowest BCUT2D eigenvalue weighted by molar-refractivity contribution is 0.540. The molecule has 4 rings (SSSR count). The average molecular weight is 474 g/mol. The minimum absolute atomic E-state index is 0.617. The lowest BCUT2D eigenvalue weighted by Gasteiger charge is -2.09. The van der Waals surface area contributed by atoms with Crippen molar-refractivity contribution >= 4 is 27.7 Å². The zero-order valence-electron chi connectivity index (χ0n) is 15.9. The molecule has 0 aliphatic heterocycles. The van der Waals surface area contributed by atoms with Crippen molar-refractivity contribution in [1.29, 1.82) is 0 Å². The second-order valence-corrected chi connectivity index (χ2v) is 8.17. The van der Waals surface area contributed by atoms with Crippen LogP contribution in [0.15, 0.2) is 56.7 Å². The number of thioether (sulfide) groups is 1. The van der Waals surface area contributed by atoms with Gasteiger partial charge in [-0.25, -0.2) is 4.68 Å². The highest BCUT2D eigenvalue weighted by molar-refractivity contribution is 9.10. The summed E-state index contributed by atoms with van der Waals surface area (Å²) in [5, 5.41) is 21.7. The van der Waals surface area contributed by atoms with Crippen LogP contribution in [0.2, 0.25) is 0 Å². The van der Waals surface area contributed by atoms with Crippen LogP contribution in [0.1, 0.15) is 31.2 Å². The van der Waals surface area contributed by atoms with E-state index in [1.165, 1.54) is 0 Å². The summed E-state index contributed by atoms with van der Waals surface area (Å²) in [4.78, 5) is 0. The summed E-state index contributed by atoms with van der Waals surface area (Å²) in [7, 11) is 0. The molecule has 29 heavy (non-hydrogen) atoms. The van der Waals surface area contributed by atoms with Crippen molar-refractivity contribution in [3.63, 3.8) is 0 Å². The smallest absolute Gasteiger partial charge is 0.200 e. The van der Waals surface area contributed by atoms with Crippen molar-refractivity contribution in [2.24, 2.45) is 0 Å². The molecule has 0 fully saturated rings. The van der Waals surface area contributed by atoms with Crippen LogP contribution in [0.4, 0.5) is 0 Å². The third-order valence-corrected chi connectivity index (χ3v) is 5.74. The van der Waals surface area contributed by atoms with Gasteiger partial charge in [-0.05, 0) is 50.5 Å². The van der Waals surface area contributed by atoms with Crippen LogP contribution < -0.4 is 0 Å². The van der Waals surface area contributed by atoms with Crippen LogP contribution in [0.3, 0.4) is 0 Å². The maximum Gasteiger partial charge on any atom is 0.200 e.